The Hall–Kier alpha value is -1.57. The number of hydrogen-bond donors (Lipinski definition) is 1. The van der Waals surface area contributed by atoms with Gasteiger partial charge < -0.3 is 10.0 Å². The van der Waals surface area contributed by atoms with Crippen molar-refractivity contribution in [2.24, 2.45) is 5.92 Å². The molecule has 0 aromatic carbocycles. The number of aliphatic hydroxyl groups is 1. The molecule has 1 saturated heterocycles. The molecule has 0 spiro atoms. The van der Waals surface area contributed by atoms with Crippen molar-refractivity contribution < 1.29 is 23.1 Å². The molecule has 0 bridgehead atoms. The summed E-state index contributed by atoms with van der Waals surface area (Å²) in [6.07, 6.45) is -3.37. The molecule has 0 radical (unpaired) electrons. The topological polar surface area (TPSA) is 58.4 Å². The Morgan fingerprint density at radius 3 is 2.43 bits per heavy atom. The summed E-state index contributed by atoms with van der Waals surface area (Å²) >= 11 is 0. The Morgan fingerprint density at radius 2 is 2.00 bits per heavy atom. The summed E-state index contributed by atoms with van der Waals surface area (Å²) in [6, 6.07) is 0.0448. The fourth-order valence-electron chi connectivity index (χ4n) is 2.19. The van der Waals surface area contributed by atoms with Crippen molar-refractivity contribution >= 4 is 5.91 Å². The van der Waals surface area contributed by atoms with Crippen molar-refractivity contribution in [2.75, 3.05) is 13.1 Å². The van der Waals surface area contributed by atoms with Gasteiger partial charge in [0.05, 0.1) is 5.60 Å². The first kappa shape index (κ1) is 15.8. The number of alkyl halides is 3. The lowest BCUT2D eigenvalue weighted by Crippen LogP contribution is -2.58. The molecule has 1 N–H and O–H groups in total. The summed E-state index contributed by atoms with van der Waals surface area (Å²) in [7, 11) is 0. The first-order valence-electron chi connectivity index (χ1n) is 6.63. The van der Waals surface area contributed by atoms with Crippen LogP contribution < -0.4 is 0 Å². The number of carbonyl (C=O) groups excluding carboxylic acids is 1. The number of hydrogen-bond acceptors (Lipinski definition) is 3. The van der Waals surface area contributed by atoms with Crippen molar-refractivity contribution in [3.8, 4) is 0 Å². The third-order valence-electron chi connectivity index (χ3n) is 3.85. The maximum absolute atomic E-state index is 12.5. The van der Waals surface area contributed by atoms with Gasteiger partial charge in [-0.2, -0.15) is 18.3 Å². The highest BCUT2D eigenvalue weighted by molar-refractivity contribution is 5.80. The summed E-state index contributed by atoms with van der Waals surface area (Å²) in [4.78, 5) is 13.7. The highest BCUT2D eigenvalue weighted by atomic mass is 19.4. The van der Waals surface area contributed by atoms with Gasteiger partial charge in [0, 0.05) is 25.2 Å². The van der Waals surface area contributed by atoms with Crippen molar-refractivity contribution in [1.82, 2.24) is 14.7 Å². The van der Waals surface area contributed by atoms with E-state index in [9.17, 15) is 23.1 Å². The van der Waals surface area contributed by atoms with Crippen LogP contribution >= 0.6 is 0 Å². The van der Waals surface area contributed by atoms with Crippen LogP contribution in [-0.4, -0.2) is 44.4 Å². The second kappa shape index (κ2) is 5.01. The van der Waals surface area contributed by atoms with E-state index in [-0.39, 0.29) is 11.8 Å². The van der Waals surface area contributed by atoms with Gasteiger partial charge in [0.2, 0.25) is 5.91 Å². The Balaban J connectivity index is 2.00. The summed E-state index contributed by atoms with van der Waals surface area (Å²) in [5.41, 5.74) is -1.88. The average molecular weight is 305 g/mol. The molecule has 5 nitrogen and oxygen atoms in total. The van der Waals surface area contributed by atoms with Crippen LogP contribution in [0.1, 0.15) is 32.5 Å². The van der Waals surface area contributed by atoms with Crippen molar-refractivity contribution in [2.45, 2.75) is 38.6 Å². The molecule has 0 aliphatic carbocycles. The molecular weight excluding hydrogens is 287 g/mol. The van der Waals surface area contributed by atoms with Gasteiger partial charge in [0.15, 0.2) is 5.69 Å². The van der Waals surface area contributed by atoms with Crippen LogP contribution in [0.5, 0.6) is 0 Å². The molecule has 1 amide bonds. The lowest BCUT2D eigenvalue weighted by atomic mass is 9.84. The van der Waals surface area contributed by atoms with Crippen LogP contribution in [0.15, 0.2) is 12.3 Å². The molecular formula is C13H18F3N3O2. The molecule has 2 rings (SSSR count). The van der Waals surface area contributed by atoms with E-state index in [0.717, 1.165) is 16.9 Å². The number of carbonyl (C=O) groups is 1. The highest BCUT2D eigenvalue weighted by Gasteiger charge is 2.41. The van der Waals surface area contributed by atoms with Crippen LogP contribution in [0.25, 0.3) is 0 Å². The number of aromatic nitrogens is 2. The van der Waals surface area contributed by atoms with Crippen LogP contribution in [0, 0.1) is 5.92 Å². The van der Waals surface area contributed by atoms with E-state index in [4.69, 9.17) is 0 Å². The Bertz CT molecular complexity index is 527. The molecule has 1 aromatic rings. The van der Waals surface area contributed by atoms with Crippen molar-refractivity contribution in [3.05, 3.63) is 18.0 Å². The predicted octanol–water partition coefficient (Wildman–Crippen LogP) is 1.69. The highest BCUT2D eigenvalue weighted by Crippen LogP contribution is 2.30. The summed E-state index contributed by atoms with van der Waals surface area (Å²) < 4.78 is 38.5. The van der Waals surface area contributed by atoms with Crippen LogP contribution in [0.2, 0.25) is 0 Å². The SMILES string of the molecule is CC(C(=O)N1CC(C(C)(C)O)C1)n1ccc(C(F)(F)F)n1. The average Bonchev–Trinajstić information content (AvgIpc) is 2.72. The van der Waals surface area contributed by atoms with E-state index in [1.54, 1.807) is 13.8 Å². The van der Waals surface area contributed by atoms with Gasteiger partial charge in [-0.15, -0.1) is 0 Å². The monoisotopic (exact) mass is 305 g/mol. The molecule has 1 atom stereocenters. The molecule has 8 heteroatoms. The largest absolute Gasteiger partial charge is 0.435 e. The summed E-state index contributed by atoms with van der Waals surface area (Å²) in [5, 5.41) is 13.2. The predicted molar refractivity (Wildman–Crippen MR) is 68.3 cm³/mol. The van der Waals surface area contributed by atoms with Gasteiger partial charge in [-0.3, -0.25) is 9.48 Å². The quantitative estimate of drug-likeness (QED) is 0.924. The maximum Gasteiger partial charge on any atom is 0.435 e. The lowest BCUT2D eigenvalue weighted by molar-refractivity contribution is -0.149. The van der Waals surface area contributed by atoms with Crippen molar-refractivity contribution in [1.29, 1.82) is 0 Å². The summed E-state index contributed by atoms with van der Waals surface area (Å²) in [5.74, 6) is -0.315. The number of halogens is 3. The van der Waals surface area contributed by atoms with E-state index in [0.29, 0.717) is 13.1 Å². The Kier molecular flexibility index (Phi) is 3.77. The minimum Gasteiger partial charge on any atom is -0.390 e. The zero-order chi connectivity index (χ0) is 16.0. The minimum absolute atomic E-state index is 0.0167. The third kappa shape index (κ3) is 3.20. The van der Waals surface area contributed by atoms with E-state index in [1.807, 2.05) is 0 Å². The molecule has 1 unspecified atom stereocenters. The van der Waals surface area contributed by atoms with E-state index >= 15 is 0 Å². The molecule has 1 aliphatic rings. The lowest BCUT2D eigenvalue weighted by Gasteiger charge is -2.46. The van der Waals surface area contributed by atoms with Gasteiger partial charge in [-0.1, -0.05) is 0 Å². The normalized spacial score (nSPS) is 18.5. The smallest absolute Gasteiger partial charge is 0.390 e. The second-order valence-corrected chi connectivity index (χ2v) is 5.95. The number of rotatable bonds is 3. The standard InChI is InChI=1S/C13H18F3N3O2/c1-8(19-5-4-10(17-19)13(14,15)16)11(20)18-6-9(7-18)12(2,3)21/h4-5,8-9,21H,6-7H2,1-3H3. The molecule has 118 valence electrons. The second-order valence-electron chi connectivity index (χ2n) is 5.95. The summed E-state index contributed by atoms with van der Waals surface area (Å²) in [6.45, 7) is 5.66. The van der Waals surface area contributed by atoms with E-state index in [2.05, 4.69) is 5.10 Å². The fraction of sp³-hybridized carbons (Fsp3) is 0.692. The van der Waals surface area contributed by atoms with E-state index < -0.39 is 23.5 Å². The maximum atomic E-state index is 12.5. The van der Waals surface area contributed by atoms with Crippen molar-refractivity contribution in [3.63, 3.8) is 0 Å². The Labute approximate surface area is 120 Å². The van der Waals surface area contributed by atoms with Gasteiger partial charge in [-0.05, 0) is 26.8 Å². The van der Waals surface area contributed by atoms with Gasteiger partial charge in [0.1, 0.15) is 6.04 Å². The van der Waals surface area contributed by atoms with Gasteiger partial charge >= 0.3 is 6.18 Å². The van der Waals surface area contributed by atoms with Gasteiger partial charge in [-0.25, -0.2) is 0 Å². The Morgan fingerprint density at radius 1 is 1.43 bits per heavy atom. The van der Waals surface area contributed by atoms with E-state index in [1.165, 1.54) is 11.8 Å². The van der Waals surface area contributed by atoms with Gasteiger partial charge in [0.25, 0.3) is 0 Å². The molecule has 1 aliphatic heterocycles. The number of nitrogens with zero attached hydrogens (tertiary/aromatic N) is 3. The molecule has 1 fully saturated rings. The zero-order valence-corrected chi connectivity index (χ0v) is 12.1. The van der Waals surface area contributed by atoms with Crippen LogP contribution in [-0.2, 0) is 11.0 Å². The van der Waals surface area contributed by atoms with Crippen LogP contribution in [0.4, 0.5) is 13.2 Å². The first-order chi connectivity index (χ1) is 9.50. The minimum atomic E-state index is -4.52. The number of amides is 1. The zero-order valence-electron chi connectivity index (χ0n) is 12.1. The molecule has 21 heavy (non-hydrogen) atoms. The molecule has 0 saturated carbocycles. The van der Waals surface area contributed by atoms with Crippen LogP contribution in [0.3, 0.4) is 0 Å². The molecule has 1 aromatic heterocycles. The number of likely N-dealkylation sites (tertiary alicyclic amines) is 1. The first-order valence-corrected chi connectivity index (χ1v) is 6.63. The fourth-order valence-corrected chi connectivity index (χ4v) is 2.19. The molecule has 2 heterocycles. The third-order valence-corrected chi connectivity index (χ3v) is 3.85.